The van der Waals surface area contributed by atoms with E-state index in [2.05, 4.69) is 29.5 Å². The summed E-state index contributed by atoms with van der Waals surface area (Å²) < 4.78 is 16.1. The average Bonchev–Trinajstić information content (AvgIpc) is 2.79. The predicted octanol–water partition coefficient (Wildman–Crippen LogP) is 3.13. The van der Waals surface area contributed by atoms with E-state index >= 15 is 0 Å². The Morgan fingerprint density at radius 1 is 1.21 bits per heavy atom. The zero-order valence-electron chi connectivity index (χ0n) is 11.2. The Morgan fingerprint density at radius 2 is 2.05 bits per heavy atom. The van der Waals surface area contributed by atoms with E-state index in [-0.39, 0.29) is 5.82 Å². The lowest BCUT2D eigenvalue weighted by molar-refractivity contribution is 0.234. The molecule has 0 spiro atoms. The van der Waals surface area contributed by atoms with Gasteiger partial charge < -0.3 is 4.57 Å². The standard InChI is InChI=1S/C16H17FN2/c1-10-7-13-11-3-4-14(17)12-5-6-19(16(11)12)9-15(13)18(2)8-10/h3-7,10,15H,8-9H2,1-2H3/t10-,15-/m1/s1. The van der Waals surface area contributed by atoms with Crippen LogP contribution in [0.15, 0.2) is 30.5 Å². The molecule has 2 aliphatic heterocycles. The van der Waals surface area contributed by atoms with Crippen LogP contribution in [-0.4, -0.2) is 29.1 Å². The second kappa shape index (κ2) is 3.70. The minimum Gasteiger partial charge on any atom is -0.345 e. The molecule has 2 atom stereocenters. The summed E-state index contributed by atoms with van der Waals surface area (Å²) in [5.74, 6) is 0.437. The van der Waals surface area contributed by atoms with Crippen molar-refractivity contribution >= 4 is 16.5 Å². The lowest BCUT2D eigenvalue weighted by Crippen LogP contribution is -2.43. The molecule has 4 rings (SSSR count). The van der Waals surface area contributed by atoms with Crippen LogP contribution in [0.3, 0.4) is 0 Å². The maximum absolute atomic E-state index is 13.9. The molecule has 0 unspecified atom stereocenters. The van der Waals surface area contributed by atoms with Gasteiger partial charge in [-0.2, -0.15) is 0 Å². The molecule has 0 bridgehead atoms. The van der Waals surface area contributed by atoms with Crippen LogP contribution >= 0.6 is 0 Å². The molecule has 3 heteroatoms. The summed E-state index contributed by atoms with van der Waals surface area (Å²) in [5.41, 5.74) is 3.64. The van der Waals surface area contributed by atoms with Gasteiger partial charge in [0.2, 0.25) is 0 Å². The van der Waals surface area contributed by atoms with Crippen molar-refractivity contribution in [3.8, 4) is 0 Å². The summed E-state index contributed by atoms with van der Waals surface area (Å²) in [7, 11) is 2.18. The number of hydrogen-bond donors (Lipinski definition) is 0. The van der Waals surface area contributed by atoms with Gasteiger partial charge in [-0.05, 0) is 36.7 Å². The van der Waals surface area contributed by atoms with Crippen molar-refractivity contribution < 1.29 is 4.39 Å². The van der Waals surface area contributed by atoms with Gasteiger partial charge in [0.05, 0.1) is 11.6 Å². The molecule has 0 amide bonds. The van der Waals surface area contributed by atoms with Crippen molar-refractivity contribution in [2.24, 2.45) is 5.92 Å². The van der Waals surface area contributed by atoms with Crippen LogP contribution in [0, 0.1) is 11.7 Å². The third-order valence-electron chi connectivity index (χ3n) is 4.48. The zero-order chi connectivity index (χ0) is 13.1. The van der Waals surface area contributed by atoms with Gasteiger partial charge >= 0.3 is 0 Å². The summed E-state index contributed by atoms with van der Waals surface area (Å²) in [6.45, 7) is 4.26. The summed E-state index contributed by atoms with van der Waals surface area (Å²) in [4.78, 5) is 2.41. The van der Waals surface area contributed by atoms with Crippen LogP contribution in [0.2, 0.25) is 0 Å². The van der Waals surface area contributed by atoms with E-state index in [0.29, 0.717) is 12.0 Å². The lowest BCUT2D eigenvalue weighted by Gasteiger charge is -2.39. The largest absolute Gasteiger partial charge is 0.345 e. The first-order chi connectivity index (χ1) is 9.15. The van der Waals surface area contributed by atoms with E-state index in [4.69, 9.17) is 0 Å². The third-order valence-corrected chi connectivity index (χ3v) is 4.48. The smallest absolute Gasteiger partial charge is 0.132 e. The number of benzene rings is 1. The van der Waals surface area contributed by atoms with Crippen LogP contribution in [0.5, 0.6) is 0 Å². The molecule has 2 nitrogen and oxygen atoms in total. The van der Waals surface area contributed by atoms with E-state index in [1.54, 1.807) is 6.07 Å². The second-order valence-electron chi connectivity index (χ2n) is 5.88. The van der Waals surface area contributed by atoms with Crippen molar-refractivity contribution in [1.29, 1.82) is 0 Å². The molecule has 1 aromatic heterocycles. The first-order valence-electron chi connectivity index (χ1n) is 6.85. The molecule has 0 N–H and O–H groups in total. The van der Waals surface area contributed by atoms with Crippen LogP contribution < -0.4 is 0 Å². The van der Waals surface area contributed by atoms with E-state index in [0.717, 1.165) is 24.0 Å². The summed E-state index contributed by atoms with van der Waals surface area (Å²) >= 11 is 0. The molecule has 2 aromatic rings. The van der Waals surface area contributed by atoms with Crippen LogP contribution in [0.4, 0.5) is 4.39 Å². The number of fused-ring (bicyclic) bond motifs is 2. The number of nitrogens with zero attached hydrogens (tertiary/aromatic N) is 2. The molecule has 0 fully saturated rings. The van der Waals surface area contributed by atoms with Crippen LogP contribution in [0.25, 0.3) is 16.5 Å². The molecule has 0 radical (unpaired) electrons. The highest BCUT2D eigenvalue weighted by molar-refractivity contribution is 5.95. The van der Waals surface area contributed by atoms with Gasteiger partial charge in [0.25, 0.3) is 0 Å². The summed E-state index contributed by atoms with van der Waals surface area (Å²) in [6, 6.07) is 5.86. The minimum atomic E-state index is -0.117. The predicted molar refractivity (Wildman–Crippen MR) is 75.5 cm³/mol. The molecular formula is C16H17FN2. The zero-order valence-corrected chi connectivity index (χ0v) is 11.2. The van der Waals surface area contributed by atoms with Gasteiger partial charge in [0.1, 0.15) is 5.82 Å². The topological polar surface area (TPSA) is 8.17 Å². The number of likely N-dealkylation sites (N-methyl/N-ethyl adjacent to an activating group) is 1. The van der Waals surface area contributed by atoms with Crippen molar-refractivity contribution in [3.05, 3.63) is 41.9 Å². The number of aromatic nitrogens is 1. The monoisotopic (exact) mass is 256 g/mol. The number of hydrogen-bond acceptors (Lipinski definition) is 1. The van der Waals surface area contributed by atoms with Crippen molar-refractivity contribution in [3.63, 3.8) is 0 Å². The fourth-order valence-corrected chi connectivity index (χ4v) is 3.66. The Labute approximate surface area is 112 Å². The van der Waals surface area contributed by atoms with E-state index < -0.39 is 0 Å². The van der Waals surface area contributed by atoms with Crippen LogP contribution in [0.1, 0.15) is 12.5 Å². The normalized spacial score (nSPS) is 26.4. The third kappa shape index (κ3) is 1.45. The van der Waals surface area contributed by atoms with Gasteiger partial charge in [0.15, 0.2) is 0 Å². The Morgan fingerprint density at radius 3 is 2.89 bits per heavy atom. The Balaban J connectivity index is 2.03. The van der Waals surface area contributed by atoms with Crippen molar-refractivity contribution in [2.75, 3.05) is 13.6 Å². The molecule has 1 aromatic carbocycles. The molecular weight excluding hydrogens is 239 g/mol. The molecule has 98 valence electrons. The Hall–Kier alpha value is -1.61. The molecule has 19 heavy (non-hydrogen) atoms. The second-order valence-corrected chi connectivity index (χ2v) is 5.88. The average molecular weight is 256 g/mol. The van der Waals surface area contributed by atoms with Gasteiger partial charge in [-0.15, -0.1) is 0 Å². The minimum absolute atomic E-state index is 0.117. The van der Waals surface area contributed by atoms with Crippen LogP contribution in [-0.2, 0) is 6.54 Å². The Kier molecular flexibility index (Phi) is 2.19. The Bertz CT molecular complexity index is 698. The first kappa shape index (κ1) is 11.2. The van der Waals surface area contributed by atoms with Crippen molar-refractivity contribution in [2.45, 2.75) is 19.5 Å². The van der Waals surface area contributed by atoms with Gasteiger partial charge in [-0.25, -0.2) is 4.39 Å². The fraction of sp³-hybridized carbons (Fsp3) is 0.375. The fourth-order valence-electron chi connectivity index (χ4n) is 3.66. The maximum Gasteiger partial charge on any atom is 0.132 e. The quantitative estimate of drug-likeness (QED) is 0.703. The highest BCUT2D eigenvalue weighted by atomic mass is 19.1. The maximum atomic E-state index is 13.9. The van der Waals surface area contributed by atoms with Gasteiger partial charge in [-0.1, -0.05) is 13.0 Å². The van der Waals surface area contributed by atoms with E-state index in [1.165, 1.54) is 11.1 Å². The molecule has 3 heterocycles. The van der Waals surface area contributed by atoms with Gasteiger partial charge in [0, 0.05) is 30.2 Å². The molecule has 0 saturated carbocycles. The number of halogens is 1. The highest BCUT2D eigenvalue weighted by Crippen LogP contribution is 2.38. The SMILES string of the molecule is C[C@@H]1C=C2c3ccc(F)c4ccn(c34)C[C@H]2N(C)C1. The van der Waals surface area contributed by atoms with E-state index in [1.807, 2.05) is 18.3 Å². The summed E-state index contributed by atoms with van der Waals surface area (Å²) in [6.07, 6.45) is 4.38. The molecule has 0 saturated heterocycles. The number of rotatable bonds is 0. The van der Waals surface area contributed by atoms with Gasteiger partial charge in [-0.3, -0.25) is 4.90 Å². The lowest BCUT2D eigenvalue weighted by atomic mass is 9.86. The summed E-state index contributed by atoms with van der Waals surface area (Å²) in [5, 5.41) is 0.748. The molecule has 2 aliphatic rings. The van der Waals surface area contributed by atoms with E-state index in [9.17, 15) is 4.39 Å². The first-order valence-corrected chi connectivity index (χ1v) is 6.85. The highest BCUT2D eigenvalue weighted by Gasteiger charge is 2.32. The van der Waals surface area contributed by atoms with Crippen molar-refractivity contribution in [1.82, 2.24) is 9.47 Å². The molecule has 0 aliphatic carbocycles.